The van der Waals surface area contributed by atoms with Crippen LogP contribution in [0.4, 0.5) is 0 Å². The Morgan fingerprint density at radius 3 is 3.11 bits per heavy atom. The second-order valence-electron chi connectivity index (χ2n) is 4.31. The van der Waals surface area contributed by atoms with Crippen LogP contribution >= 0.6 is 0 Å². The van der Waals surface area contributed by atoms with Gasteiger partial charge in [-0.15, -0.1) is 0 Å². The molecule has 1 amide bonds. The van der Waals surface area contributed by atoms with E-state index in [0.29, 0.717) is 25.4 Å². The summed E-state index contributed by atoms with van der Waals surface area (Å²) in [6.45, 7) is 3.27. The van der Waals surface area contributed by atoms with E-state index in [4.69, 9.17) is 4.74 Å². The molecule has 1 aromatic heterocycles. The molecule has 1 N–H and O–H groups in total. The van der Waals surface area contributed by atoms with E-state index in [1.165, 1.54) is 12.5 Å². The molecular formula is C12H17N3O3. The number of piperidine rings is 1. The van der Waals surface area contributed by atoms with Crippen molar-refractivity contribution < 1.29 is 14.3 Å². The third-order valence-electron chi connectivity index (χ3n) is 3.06. The Hall–Kier alpha value is -1.85. The third kappa shape index (κ3) is 2.69. The van der Waals surface area contributed by atoms with Gasteiger partial charge in [-0.05, 0) is 19.8 Å². The average Bonchev–Trinajstić information content (AvgIpc) is 2.92. The van der Waals surface area contributed by atoms with Crippen LogP contribution in [0.2, 0.25) is 0 Å². The first-order valence-corrected chi connectivity index (χ1v) is 6.16. The summed E-state index contributed by atoms with van der Waals surface area (Å²) in [5, 5.41) is 0. The predicted octanol–water partition coefficient (Wildman–Crippen LogP) is 0.825. The highest BCUT2D eigenvalue weighted by molar-refractivity contribution is 5.92. The summed E-state index contributed by atoms with van der Waals surface area (Å²) in [4.78, 5) is 32.1. The number of rotatable bonds is 3. The van der Waals surface area contributed by atoms with Crippen LogP contribution in [-0.2, 0) is 9.53 Å². The Morgan fingerprint density at radius 1 is 1.61 bits per heavy atom. The van der Waals surface area contributed by atoms with Crippen LogP contribution in [0.25, 0.3) is 0 Å². The highest BCUT2D eigenvalue weighted by atomic mass is 16.5. The lowest BCUT2D eigenvalue weighted by molar-refractivity contribution is -0.149. The number of carbonyl (C=O) groups is 2. The van der Waals surface area contributed by atoms with Gasteiger partial charge in [0.05, 0.1) is 25.0 Å². The number of aromatic amines is 1. The van der Waals surface area contributed by atoms with Crippen molar-refractivity contribution in [2.45, 2.75) is 19.8 Å². The molecule has 0 unspecified atom stereocenters. The standard InChI is InChI=1S/C12H17N3O3/c1-2-18-12(17)9-4-3-5-15(7-9)11(16)10-6-13-8-14-10/h6,8-9H,2-5,7H2,1H3,(H,13,14)/t9-/m0/s1. The Balaban J connectivity index is 1.98. The van der Waals surface area contributed by atoms with Gasteiger partial charge in [0.2, 0.25) is 0 Å². The second kappa shape index (κ2) is 5.66. The molecule has 0 saturated carbocycles. The quantitative estimate of drug-likeness (QED) is 0.807. The lowest BCUT2D eigenvalue weighted by Crippen LogP contribution is -2.42. The SMILES string of the molecule is CCOC(=O)[C@H]1CCCN(C(=O)c2cnc[nH]2)C1. The molecule has 0 bridgehead atoms. The van der Waals surface area contributed by atoms with Crippen LogP contribution in [0, 0.1) is 5.92 Å². The van der Waals surface area contributed by atoms with E-state index < -0.39 is 0 Å². The number of amides is 1. The minimum absolute atomic E-state index is 0.110. The number of hydrogen-bond donors (Lipinski definition) is 1. The van der Waals surface area contributed by atoms with Crippen LogP contribution in [0.1, 0.15) is 30.3 Å². The van der Waals surface area contributed by atoms with Gasteiger partial charge in [-0.2, -0.15) is 0 Å². The van der Waals surface area contributed by atoms with E-state index in [1.54, 1.807) is 11.8 Å². The number of aromatic nitrogens is 2. The van der Waals surface area contributed by atoms with Gasteiger partial charge in [0.25, 0.3) is 5.91 Å². The Labute approximate surface area is 105 Å². The summed E-state index contributed by atoms with van der Waals surface area (Å²) in [5.41, 5.74) is 0.458. The Morgan fingerprint density at radius 2 is 2.44 bits per heavy atom. The molecule has 0 aliphatic carbocycles. The molecule has 98 valence electrons. The van der Waals surface area contributed by atoms with E-state index in [9.17, 15) is 9.59 Å². The number of hydrogen-bond acceptors (Lipinski definition) is 4. The van der Waals surface area contributed by atoms with Crippen molar-refractivity contribution in [3.05, 3.63) is 18.2 Å². The summed E-state index contributed by atoms with van der Waals surface area (Å²) in [7, 11) is 0. The number of carbonyl (C=O) groups excluding carboxylic acids is 2. The van der Waals surface area contributed by atoms with Gasteiger partial charge in [-0.25, -0.2) is 4.98 Å². The maximum absolute atomic E-state index is 12.1. The smallest absolute Gasteiger partial charge is 0.310 e. The normalized spacial score (nSPS) is 19.6. The number of H-pyrrole nitrogens is 1. The molecule has 0 spiro atoms. The van der Waals surface area contributed by atoms with Crippen molar-refractivity contribution in [1.82, 2.24) is 14.9 Å². The lowest BCUT2D eigenvalue weighted by Gasteiger charge is -2.31. The van der Waals surface area contributed by atoms with E-state index in [0.717, 1.165) is 12.8 Å². The van der Waals surface area contributed by atoms with Gasteiger partial charge >= 0.3 is 5.97 Å². The fourth-order valence-corrected chi connectivity index (χ4v) is 2.16. The summed E-state index contributed by atoms with van der Waals surface area (Å²) < 4.78 is 5.00. The van der Waals surface area contributed by atoms with E-state index in [1.807, 2.05) is 0 Å². The highest BCUT2D eigenvalue weighted by Gasteiger charge is 2.30. The number of nitrogens with zero attached hydrogens (tertiary/aromatic N) is 2. The molecular weight excluding hydrogens is 234 g/mol. The number of ether oxygens (including phenoxy) is 1. The zero-order valence-corrected chi connectivity index (χ0v) is 10.4. The highest BCUT2D eigenvalue weighted by Crippen LogP contribution is 2.19. The molecule has 6 nitrogen and oxygen atoms in total. The molecule has 6 heteroatoms. The van der Waals surface area contributed by atoms with Crippen molar-refractivity contribution in [3.8, 4) is 0 Å². The fraction of sp³-hybridized carbons (Fsp3) is 0.583. The molecule has 1 aliphatic heterocycles. The third-order valence-corrected chi connectivity index (χ3v) is 3.06. The first-order valence-electron chi connectivity index (χ1n) is 6.16. The zero-order valence-electron chi connectivity index (χ0n) is 10.4. The van der Waals surface area contributed by atoms with Gasteiger partial charge in [-0.1, -0.05) is 0 Å². The number of esters is 1. The summed E-state index contributed by atoms with van der Waals surface area (Å²) in [5.74, 6) is -0.522. The molecule has 1 aromatic rings. The average molecular weight is 251 g/mol. The molecule has 0 aromatic carbocycles. The maximum Gasteiger partial charge on any atom is 0.310 e. The number of imidazole rings is 1. The first-order chi connectivity index (χ1) is 8.72. The predicted molar refractivity (Wildman–Crippen MR) is 63.8 cm³/mol. The Kier molecular flexibility index (Phi) is 3.96. The van der Waals surface area contributed by atoms with E-state index >= 15 is 0 Å². The van der Waals surface area contributed by atoms with Crippen molar-refractivity contribution in [3.63, 3.8) is 0 Å². The van der Waals surface area contributed by atoms with Crippen molar-refractivity contribution in [2.24, 2.45) is 5.92 Å². The second-order valence-corrected chi connectivity index (χ2v) is 4.31. The van der Waals surface area contributed by atoms with Gasteiger partial charge in [-0.3, -0.25) is 9.59 Å². The van der Waals surface area contributed by atoms with Gasteiger partial charge in [0, 0.05) is 13.1 Å². The summed E-state index contributed by atoms with van der Waals surface area (Å²) >= 11 is 0. The van der Waals surface area contributed by atoms with Gasteiger partial charge < -0.3 is 14.6 Å². The van der Waals surface area contributed by atoms with E-state index in [-0.39, 0.29) is 17.8 Å². The topological polar surface area (TPSA) is 75.3 Å². The molecule has 1 atom stereocenters. The monoisotopic (exact) mass is 251 g/mol. The van der Waals surface area contributed by atoms with Gasteiger partial charge in [0.15, 0.2) is 0 Å². The van der Waals surface area contributed by atoms with Crippen LogP contribution in [-0.4, -0.2) is 46.4 Å². The van der Waals surface area contributed by atoms with E-state index in [2.05, 4.69) is 9.97 Å². The molecule has 18 heavy (non-hydrogen) atoms. The molecule has 1 saturated heterocycles. The maximum atomic E-state index is 12.1. The minimum Gasteiger partial charge on any atom is -0.466 e. The number of likely N-dealkylation sites (tertiary alicyclic amines) is 1. The molecule has 1 aliphatic rings. The largest absolute Gasteiger partial charge is 0.466 e. The Bertz CT molecular complexity index is 416. The zero-order chi connectivity index (χ0) is 13.0. The van der Waals surface area contributed by atoms with Crippen molar-refractivity contribution >= 4 is 11.9 Å². The van der Waals surface area contributed by atoms with Crippen molar-refractivity contribution in [2.75, 3.05) is 19.7 Å². The van der Waals surface area contributed by atoms with Crippen LogP contribution in [0.15, 0.2) is 12.5 Å². The molecule has 1 fully saturated rings. The molecule has 2 rings (SSSR count). The fourth-order valence-electron chi connectivity index (χ4n) is 2.16. The van der Waals surface area contributed by atoms with Gasteiger partial charge in [0.1, 0.15) is 5.69 Å². The van der Waals surface area contributed by atoms with Crippen LogP contribution < -0.4 is 0 Å². The molecule has 0 radical (unpaired) electrons. The van der Waals surface area contributed by atoms with Crippen LogP contribution in [0.3, 0.4) is 0 Å². The van der Waals surface area contributed by atoms with Crippen molar-refractivity contribution in [1.29, 1.82) is 0 Å². The summed E-state index contributed by atoms with van der Waals surface area (Å²) in [6, 6.07) is 0. The first kappa shape index (κ1) is 12.6. The molecule has 2 heterocycles. The number of nitrogens with one attached hydrogen (secondary N) is 1. The lowest BCUT2D eigenvalue weighted by atomic mass is 9.98. The minimum atomic E-state index is -0.209. The van der Waals surface area contributed by atoms with Crippen LogP contribution in [0.5, 0.6) is 0 Å². The summed E-state index contributed by atoms with van der Waals surface area (Å²) in [6.07, 6.45) is 4.57.